The van der Waals surface area contributed by atoms with E-state index in [4.69, 9.17) is 4.74 Å². The van der Waals surface area contributed by atoms with Crippen LogP contribution in [0.5, 0.6) is 5.75 Å². The summed E-state index contributed by atoms with van der Waals surface area (Å²) in [6, 6.07) is 11.5. The van der Waals surface area contributed by atoms with Gasteiger partial charge in [-0.1, -0.05) is 18.2 Å². The lowest BCUT2D eigenvalue weighted by molar-refractivity contribution is -0.142. The Labute approximate surface area is 286 Å². The van der Waals surface area contributed by atoms with E-state index in [0.717, 1.165) is 49.0 Å². The molecule has 248 valence electrons. The maximum Gasteiger partial charge on any atom is 0.410 e. The topological polar surface area (TPSA) is 126 Å². The lowest BCUT2D eigenvalue weighted by atomic mass is 10.0. The van der Waals surface area contributed by atoms with Crippen molar-refractivity contribution in [1.82, 2.24) is 19.6 Å². The zero-order chi connectivity index (χ0) is 32.4. The first-order valence-electron chi connectivity index (χ1n) is 16.1. The molecule has 3 N–H and O–H groups in total. The zero-order valence-electron chi connectivity index (χ0n) is 25.7. The van der Waals surface area contributed by atoms with Crippen LogP contribution >= 0.6 is 31.9 Å². The Hall–Kier alpha value is -2.87. The number of benzene rings is 2. The van der Waals surface area contributed by atoms with Gasteiger partial charge in [0.2, 0.25) is 0 Å². The first-order valence-corrected chi connectivity index (χ1v) is 17.7. The molecule has 4 aliphatic heterocycles. The van der Waals surface area contributed by atoms with Crippen molar-refractivity contribution >= 4 is 55.6 Å². The van der Waals surface area contributed by atoms with Crippen molar-refractivity contribution in [3.05, 3.63) is 56.5 Å². The van der Waals surface area contributed by atoms with E-state index in [1.54, 1.807) is 21.9 Å². The number of carbonyl (C=O) groups excluding carboxylic acids is 3. The van der Waals surface area contributed by atoms with Crippen LogP contribution in [0.4, 0.5) is 15.3 Å². The van der Waals surface area contributed by atoms with Gasteiger partial charge in [0.1, 0.15) is 5.75 Å². The highest BCUT2D eigenvalue weighted by molar-refractivity contribution is 9.11. The zero-order valence-corrected chi connectivity index (χ0v) is 28.9. The number of aliphatic hydroxyl groups excluding tert-OH is 1. The van der Waals surface area contributed by atoms with Gasteiger partial charge in [-0.25, -0.2) is 9.59 Å². The molecule has 4 aliphatic rings. The summed E-state index contributed by atoms with van der Waals surface area (Å²) >= 11 is 6.73. The van der Waals surface area contributed by atoms with Crippen LogP contribution in [0.2, 0.25) is 0 Å². The maximum absolute atomic E-state index is 13.9. The Morgan fingerprint density at radius 2 is 1.57 bits per heavy atom. The van der Waals surface area contributed by atoms with Crippen LogP contribution in [-0.4, -0.2) is 118 Å². The fourth-order valence-electron chi connectivity index (χ4n) is 7.18. The molecule has 2 aromatic carbocycles. The highest BCUT2D eigenvalue weighted by atomic mass is 79.9. The minimum Gasteiger partial charge on any atom is -0.506 e. The monoisotopic (exact) mass is 761 g/mol. The number of rotatable bonds is 6. The van der Waals surface area contributed by atoms with E-state index in [0.29, 0.717) is 67.1 Å². The molecular weight excluding hydrogens is 722 g/mol. The number of amides is 4. The van der Waals surface area contributed by atoms with Crippen LogP contribution in [-0.2, 0) is 22.4 Å². The number of hydrogen-bond acceptors (Lipinski definition) is 7. The summed E-state index contributed by atoms with van der Waals surface area (Å²) in [4.78, 5) is 48.1. The van der Waals surface area contributed by atoms with E-state index in [-0.39, 0.29) is 36.3 Å². The number of nitrogens with one attached hydrogen (secondary N) is 1. The molecule has 3 fully saturated rings. The lowest BCUT2D eigenvalue weighted by Gasteiger charge is -2.39. The van der Waals surface area contributed by atoms with E-state index < -0.39 is 12.2 Å². The second kappa shape index (κ2) is 14.5. The number of phenolic OH excluding ortho intramolecular Hbond substituents is 1. The molecule has 11 nitrogen and oxygen atoms in total. The van der Waals surface area contributed by atoms with Gasteiger partial charge in [-0.05, 0) is 99.7 Å². The van der Waals surface area contributed by atoms with Crippen molar-refractivity contribution in [2.75, 3.05) is 51.1 Å². The van der Waals surface area contributed by atoms with Crippen LogP contribution in [0.15, 0.2) is 45.3 Å². The average Bonchev–Trinajstić information content (AvgIpc) is 3.42. The third-order valence-corrected chi connectivity index (χ3v) is 11.0. The number of halogens is 2. The number of ether oxygens (including phenoxy) is 1. The number of aromatic hydroxyl groups is 1. The summed E-state index contributed by atoms with van der Waals surface area (Å²) in [6.07, 6.45) is 2.70. The molecule has 0 bridgehead atoms. The molecule has 0 radical (unpaired) electrons. The molecule has 0 spiro atoms. The van der Waals surface area contributed by atoms with E-state index in [9.17, 15) is 24.6 Å². The van der Waals surface area contributed by atoms with Crippen LogP contribution in [0, 0.1) is 0 Å². The molecule has 4 heterocycles. The smallest absolute Gasteiger partial charge is 0.410 e. The van der Waals surface area contributed by atoms with Gasteiger partial charge in [0.05, 0.1) is 15.0 Å². The van der Waals surface area contributed by atoms with Gasteiger partial charge in [-0.2, -0.15) is 0 Å². The number of phenols is 1. The fourth-order valence-corrected chi connectivity index (χ4v) is 8.46. The Bertz CT molecular complexity index is 1420. The lowest BCUT2D eigenvalue weighted by Crippen LogP contribution is -2.52. The number of likely N-dealkylation sites (tertiary alicyclic amines) is 3. The van der Waals surface area contributed by atoms with Crippen molar-refractivity contribution in [2.45, 2.75) is 69.2 Å². The Kier molecular flexibility index (Phi) is 10.4. The summed E-state index contributed by atoms with van der Waals surface area (Å²) in [7, 11) is 0. The summed E-state index contributed by atoms with van der Waals surface area (Å²) in [5, 5.41) is 23.2. The standard InChI is InChI=1S/C33H41Br2N5O6/c34-26-17-21(18-27(35)30(26)42)19-29(31(43)37-11-6-23(7-12-37)39-15-10-25(41)20-39)46-33(45)38-13-8-24(9-14-38)40-16-5-22-3-1-2-4-28(22)36-32(40)44/h1-4,17-18,23-25,29,41-42H,5-16,19-20H2,(H,36,44). The Balaban J connectivity index is 1.09. The average molecular weight is 764 g/mol. The number of urea groups is 1. The summed E-state index contributed by atoms with van der Waals surface area (Å²) in [5.74, 6) is -0.174. The quantitative estimate of drug-likeness (QED) is 0.394. The summed E-state index contributed by atoms with van der Waals surface area (Å²) < 4.78 is 6.95. The summed E-state index contributed by atoms with van der Waals surface area (Å²) in [6.45, 7) is 4.12. The number of piperidine rings is 2. The summed E-state index contributed by atoms with van der Waals surface area (Å²) in [5.41, 5.74) is 2.69. The molecule has 2 unspecified atom stereocenters. The molecule has 2 aromatic rings. The van der Waals surface area contributed by atoms with E-state index in [2.05, 4.69) is 42.1 Å². The number of fused-ring (bicyclic) bond motifs is 1. The molecule has 0 aliphatic carbocycles. The van der Waals surface area contributed by atoms with Crippen molar-refractivity contribution in [1.29, 1.82) is 0 Å². The van der Waals surface area contributed by atoms with Crippen molar-refractivity contribution in [3.8, 4) is 5.75 Å². The van der Waals surface area contributed by atoms with Gasteiger partial charge in [0.25, 0.3) is 5.91 Å². The second-order valence-corrected chi connectivity index (χ2v) is 14.4. The molecule has 3 saturated heterocycles. The molecule has 2 atom stereocenters. The number of para-hydroxylation sites is 1. The van der Waals surface area contributed by atoms with Crippen LogP contribution in [0.1, 0.15) is 43.2 Å². The Morgan fingerprint density at radius 3 is 2.24 bits per heavy atom. The number of β-amino-alcohol motifs (C(OH)–C–C–N with tert-alkyl or cyclic N) is 1. The molecule has 46 heavy (non-hydrogen) atoms. The van der Waals surface area contributed by atoms with Crippen molar-refractivity contribution < 1.29 is 29.3 Å². The third kappa shape index (κ3) is 7.48. The first kappa shape index (κ1) is 33.0. The van der Waals surface area contributed by atoms with Gasteiger partial charge < -0.3 is 35.0 Å². The largest absolute Gasteiger partial charge is 0.506 e. The highest BCUT2D eigenvalue weighted by Gasteiger charge is 2.37. The van der Waals surface area contributed by atoms with Crippen molar-refractivity contribution in [2.24, 2.45) is 0 Å². The number of anilines is 1. The highest BCUT2D eigenvalue weighted by Crippen LogP contribution is 2.34. The molecule has 0 saturated carbocycles. The fraction of sp³-hybridized carbons (Fsp3) is 0.545. The van der Waals surface area contributed by atoms with Crippen molar-refractivity contribution in [3.63, 3.8) is 0 Å². The number of aliphatic hydroxyl groups is 1. The van der Waals surface area contributed by atoms with E-state index in [1.165, 1.54) is 0 Å². The molecule has 0 aromatic heterocycles. The SMILES string of the molecule is O=C(OC(Cc1cc(Br)c(O)c(Br)c1)C(=O)N1CCC(N2CCC(O)C2)CC1)N1CCC(N2CCc3ccccc3NC2=O)CC1. The predicted octanol–water partition coefficient (Wildman–Crippen LogP) is 4.58. The third-order valence-electron chi connectivity index (χ3n) is 9.81. The normalized spacial score (nSPS) is 22.3. The predicted molar refractivity (Wildman–Crippen MR) is 180 cm³/mol. The van der Waals surface area contributed by atoms with E-state index >= 15 is 0 Å². The van der Waals surface area contributed by atoms with Gasteiger partial charge in [-0.15, -0.1) is 0 Å². The van der Waals surface area contributed by atoms with Crippen LogP contribution < -0.4 is 5.32 Å². The van der Waals surface area contributed by atoms with E-state index in [1.807, 2.05) is 29.2 Å². The molecule has 4 amide bonds. The molecule has 6 rings (SSSR count). The second-order valence-electron chi connectivity index (χ2n) is 12.7. The van der Waals surface area contributed by atoms with Gasteiger partial charge in [0, 0.05) is 70.0 Å². The number of nitrogens with zero attached hydrogens (tertiary/aromatic N) is 4. The molecular formula is C33H41Br2N5O6. The minimum absolute atomic E-state index is 0.000466. The Morgan fingerprint density at radius 1 is 0.913 bits per heavy atom. The van der Waals surface area contributed by atoms with Gasteiger partial charge >= 0.3 is 12.1 Å². The molecule has 13 heteroatoms. The van der Waals surface area contributed by atoms with Gasteiger partial charge in [0.15, 0.2) is 6.10 Å². The minimum atomic E-state index is -1.03. The van der Waals surface area contributed by atoms with Gasteiger partial charge in [-0.3, -0.25) is 9.69 Å². The maximum atomic E-state index is 13.9. The first-order chi connectivity index (χ1) is 22.2. The number of carbonyl (C=O) groups is 3. The van der Waals surface area contributed by atoms with Crippen LogP contribution in [0.3, 0.4) is 0 Å². The number of hydrogen-bond donors (Lipinski definition) is 3. The van der Waals surface area contributed by atoms with Crippen LogP contribution in [0.25, 0.3) is 0 Å².